The van der Waals surface area contributed by atoms with E-state index in [1.165, 1.54) is 0 Å². The predicted octanol–water partition coefficient (Wildman–Crippen LogP) is 2.01. The van der Waals surface area contributed by atoms with E-state index in [0.29, 0.717) is 5.88 Å². The Balaban J connectivity index is 2.30. The molecule has 2 rings (SSSR count). The van der Waals surface area contributed by atoms with Crippen molar-refractivity contribution >= 4 is 23.2 Å². The van der Waals surface area contributed by atoms with Crippen LogP contribution in [0.15, 0.2) is 6.07 Å². The molecule has 0 spiro atoms. The first kappa shape index (κ1) is 11.1. The largest absolute Gasteiger partial charge is 0.405 e. The van der Waals surface area contributed by atoms with Gasteiger partial charge in [0, 0.05) is 13.1 Å². The Kier molecular flexibility index (Phi) is 2.93. The number of aromatic nitrogens is 5. The lowest BCUT2D eigenvalue weighted by Gasteiger charge is -2.02. The van der Waals surface area contributed by atoms with Gasteiger partial charge in [0.05, 0.1) is 5.69 Å². The Morgan fingerprint density at radius 2 is 1.81 bits per heavy atom. The van der Waals surface area contributed by atoms with E-state index in [-0.39, 0.29) is 16.6 Å². The molecule has 0 saturated heterocycles. The monoisotopic (exact) mass is 259 g/mol. The minimum absolute atomic E-state index is 0.0195. The van der Waals surface area contributed by atoms with Crippen LogP contribution in [0, 0.1) is 6.92 Å². The minimum Gasteiger partial charge on any atom is -0.405 e. The van der Waals surface area contributed by atoms with Crippen molar-refractivity contribution in [3.05, 3.63) is 22.3 Å². The third-order valence-electron chi connectivity index (χ3n) is 1.72. The summed E-state index contributed by atoms with van der Waals surface area (Å²) in [5.41, 5.74) is 0.823. The first-order valence-corrected chi connectivity index (χ1v) is 5.06. The number of aryl methyl sites for hydroxylation is 2. The minimum atomic E-state index is -0.0195. The molecule has 0 saturated carbocycles. The molecule has 2 aromatic heterocycles. The molecule has 16 heavy (non-hydrogen) atoms. The molecular weight excluding hydrogens is 253 g/mol. The molecule has 0 aliphatic carbocycles. The first-order chi connectivity index (χ1) is 7.54. The Labute approximate surface area is 101 Å². The van der Waals surface area contributed by atoms with Gasteiger partial charge >= 0.3 is 6.01 Å². The number of nitrogens with zero attached hydrogens (tertiary/aromatic N) is 5. The maximum absolute atomic E-state index is 5.61. The summed E-state index contributed by atoms with van der Waals surface area (Å²) >= 11 is 11.2. The standard InChI is InChI=1S/C8H7Cl2N5O/c1-4-3-5(15(2)14-4)16-8-12-6(9)11-7(10)13-8/h3H,1-2H3. The van der Waals surface area contributed by atoms with Gasteiger partial charge in [-0.1, -0.05) is 0 Å². The Morgan fingerprint density at radius 1 is 1.19 bits per heavy atom. The normalized spacial score (nSPS) is 10.5. The van der Waals surface area contributed by atoms with Gasteiger partial charge < -0.3 is 4.74 Å². The lowest BCUT2D eigenvalue weighted by molar-refractivity contribution is 0.397. The SMILES string of the molecule is Cc1cc(Oc2nc(Cl)nc(Cl)n2)n(C)n1. The second-order valence-corrected chi connectivity index (χ2v) is 3.68. The smallest absolute Gasteiger partial charge is 0.328 e. The van der Waals surface area contributed by atoms with Crippen molar-refractivity contribution in [3.63, 3.8) is 0 Å². The zero-order valence-corrected chi connectivity index (χ0v) is 9.99. The lowest BCUT2D eigenvalue weighted by Crippen LogP contribution is -1.99. The van der Waals surface area contributed by atoms with Gasteiger partial charge in [-0.3, -0.25) is 0 Å². The molecule has 8 heteroatoms. The Bertz CT molecular complexity index is 507. The molecule has 0 aromatic carbocycles. The fourth-order valence-corrected chi connectivity index (χ4v) is 1.48. The van der Waals surface area contributed by atoms with E-state index >= 15 is 0 Å². The molecule has 2 heterocycles. The maximum Gasteiger partial charge on any atom is 0.328 e. The van der Waals surface area contributed by atoms with Crippen molar-refractivity contribution in [1.29, 1.82) is 0 Å². The molecule has 0 bridgehead atoms. The van der Waals surface area contributed by atoms with Gasteiger partial charge in [-0.25, -0.2) is 4.68 Å². The number of halogens is 2. The molecule has 0 unspecified atom stereocenters. The van der Waals surface area contributed by atoms with Crippen LogP contribution in [-0.2, 0) is 7.05 Å². The summed E-state index contributed by atoms with van der Waals surface area (Å²) in [6.07, 6.45) is 0. The molecule has 0 N–H and O–H groups in total. The van der Waals surface area contributed by atoms with E-state index in [2.05, 4.69) is 20.1 Å². The molecule has 0 amide bonds. The van der Waals surface area contributed by atoms with Crippen LogP contribution in [0.3, 0.4) is 0 Å². The van der Waals surface area contributed by atoms with E-state index in [0.717, 1.165) is 5.69 Å². The zero-order valence-electron chi connectivity index (χ0n) is 8.48. The van der Waals surface area contributed by atoms with Crippen LogP contribution in [0.2, 0.25) is 10.6 Å². The van der Waals surface area contributed by atoms with Crippen LogP contribution in [0.4, 0.5) is 0 Å². The predicted molar refractivity (Wildman–Crippen MR) is 57.9 cm³/mol. The van der Waals surface area contributed by atoms with Crippen molar-refractivity contribution in [1.82, 2.24) is 24.7 Å². The van der Waals surface area contributed by atoms with Crippen molar-refractivity contribution < 1.29 is 4.74 Å². The van der Waals surface area contributed by atoms with Gasteiger partial charge in [0.25, 0.3) is 0 Å². The van der Waals surface area contributed by atoms with Crippen molar-refractivity contribution in [2.24, 2.45) is 7.05 Å². The van der Waals surface area contributed by atoms with Crippen LogP contribution in [0.1, 0.15) is 5.69 Å². The second kappa shape index (κ2) is 4.23. The van der Waals surface area contributed by atoms with Crippen LogP contribution in [0.5, 0.6) is 11.9 Å². The first-order valence-electron chi connectivity index (χ1n) is 4.30. The van der Waals surface area contributed by atoms with Crippen molar-refractivity contribution in [2.75, 3.05) is 0 Å². The van der Waals surface area contributed by atoms with Gasteiger partial charge in [0.2, 0.25) is 16.4 Å². The molecule has 84 valence electrons. The highest BCUT2D eigenvalue weighted by Crippen LogP contribution is 2.19. The summed E-state index contributed by atoms with van der Waals surface area (Å²) in [4.78, 5) is 11.2. The van der Waals surface area contributed by atoms with Crippen LogP contribution in [0.25, 0.3) is 0 Å². The lowest BCUT2D eigenvalue weighted by atomic mass is 10.5. The summed E-state index contributed by atoms with van der Waals surface area (Å²) in [7, 11) is 1.74. The van der Waals surface area contributed by atoms with Gasteiger partial charge in [0.1, 0.15) is 0 Å². The Morgan fingerprint density at radius 3 is 2.31 bits per heavy atom. The average molecular weight is 260 g/mol. The highest BCUT2D eigenvalue weighted by Gasteiger charge is 2.09. The Hall–Kier alpha value is -1.40. The molecule has 0 radical (unpaired) electrons. The van der Waals surface area contributed by atoms with Gasteiger partial charge in [-0.15, -0.1) is 0 Å². The molecule has 0 atom stereocenters. The summed E-state index contributed by atoms with van der Waals surface area (Å²) < 4.78 is 6.92. The second-order valence-electron chi connectivity index (χ2n) is 3.01. The van der Waals surface area contributed by atoms with E-state index in [4.69, 9.17) is 27.9 Å². The summed E-state index contributed by atoms with van der Waals surface area (Å²) in [6.45, 7) is 1.85. The fourth-order valence-electron chi connectivity index (χ4n) is 1.13. The van der Waals surface area contributed by atoms with Crippen LogP contribution >= 0.6 is 23.2 Å². The van der Waals surface area contributed by atoms with E-state index in [1.54, 1.807) is 17.8 Å². The number of hydrogen-bond donors (Lipinski definition) is 0. The van der Waals surface area contributed by atoms with E-state index in [9.17, 15) is 0 Å². The number of ether oxygens (including phenoxy) is 1. The van der Waals surface area contributed by atoms with Crippen LogP contribution < -0.4 is 4.74 Å². The van der Waals surface area contributed by atoms with Gasteiger partial charge in [-0.2, -0.15) is 20.1 Å². The maximum atomic E-state index is 5.61. The fraction of sp³-hybridized carbons (Fsp3) is 0.250. The molecule has 6 nitrogen and oxygen atoms in total. The van der Waals surface area contributed by atoms with Gasteiger partial charge in [0.15, 0.2) is 0 Å². The van der Waals surface area contributed by atoms with E-state index in [1.807, 2.05) is 6.92 Å². The highest BCUT2D eigenvalue weighted by atomic mass is 35.5. The highest BCUT2D eigenvalue weighted by molar-refractivity contribution is 6.31. The van der Waals surface area contributed by atoms with Crippen LogP contribution in [-0.4, -0.2) is 24.7 Å². The molecule has 0 fully saturated rings. The summed E-state index contributed by atoms with van der Waals surface area (Å²) in [5, 5.41) is 4.07. The van der Waals surface area contributed by atoms with Gasteiger partial charge in [-0.05, 0) is 30.1 Å². The zero-order chi connectivity index (χ0) is 11.7. The molecule has 0 aliphatic heterocycles. The quantitative estimate of drug-likeness (QED) is 0.826. The number of hydrogen-bond acceptors (Lipinski definition) is 5. The number of rotatable bonds is 2. The molecule has 2 aromatic rings. The third-order valence-corrected chi connectivity index (χ3v) is 2.05. The topological polar surface area (TPSA) is 65.7 Å². The van der Waals surface area contributed by atoms with Crippen molar-refractivity contribution in [2.45, 2.75) is 6.92 Å². The average Bonchev–Trinajstić information content (AvgIpc) is 2.43. The molecular formula is C8H7Cl2N5O. The summed E-state index contributed by atoms with van der Waals surface area (Å²) in [6, 6.07) is 1.78. The van der Waals surface area contributed by atoms with E-state index < -0.39 is 0 Å². The molecule has 0 aliphatic rings. The summed E-state index contributed by atoms with van der Waals surface area (Å²) in [5.74, 6) is 0.496. The third kappa shape index (κ3) is 2.40. The van der Waals surface area contributed by atoms with Crippen molar-refractivity contribution in [3.8, 4) is 11.9 Å².